The van der Waals surface area contributed by atoms with Crippen LogP contribution >= 0.6 is 11.6 Å². The van der Waals surface area contributed by atoms with E-state index in [0.717, 1.165) is 0 Å². The zero-order valence-electron chi connectivity index (χ0n) is 8.62. The first-order chi connectivity index (χ1) is 6.87. The van der Waals surface area contributed by atoms with E-state index in [9.17, 15) is 4.79 Å². The molecule has 0 fully saturated rings. The number of carbonyl (C=O) groups is 1. The number of carbonyl (C=O) groups excluding carboxylic acids is 1. The lowest BCUT2D eigenvalue weighted by Crippen LogP contribution is -2.36. The van der Waals surface area contributed by atoms with Crippen LogP contribution in [0.15, 0.2) is 12.3 Å². The zero-order chi connectivity index (χ0) is 11.5. The van der Waals surface area contributed by atoms with Crippen molar-refractivity contribution in [2.24, 2.45) is 5.73 Å². The molecule has 0 radical (unpaired) electrons. The zero-order valence-corrected chi connectivity index (χ0v) is 9.38. The van der Waals surface area contributed by atoms with Crippen LogP contribution in [0.2, 0.25) is 5.15 Å². The lowest BCUT2D eigenvalue weighted by atomic mass is 10.0. The Kier molecular flexibility index (Phi) is 3.60. The number of nitrogens with one attached hydrogen (secondary N) is 1. The summed E-state index contributed by atoms with van der Waals surface area (Å²) in [6.07, 6.45) is 1.67. The first-order valence-electron chi connectivity index (χ1n) is 4.44. The second kappa shape index (κ2) is 4.55. The summed E-state index contributed by atoms with van der Waals surface area (Å²) in [7, 11) is 0. The molecule has 1 aromatic heterocycles. The highest BCUT2D eigenvalue weighted by Crippen LogP contribution is 2.08. The molecule has 1 heterocycles. The van der Waals surface area contributed by atoms with E-state index in [4.69, 9.17) is 17.3 Å². The summed E-state index contributed by atoms with van der Waals surface area (Å²) in [6.45, 7) is 3.54. The highest BCUT2D eigenvalue weighted by Gasteiger charge is 2.16. The number of halogens is 1. The van der Waals surface area contributed by atoms with E-state index in [2.05, 4.69) is 15.3 Å². The van der Waals surface area contributed by atoms with Gasteiger partial charge in [0, 0.05) is 18.2 Å². The summed E-state index contributed by atoms with van der Waals surface area (Å²) < 4.78 is 0. The largest absolute Gasteiger partial charge is 0.325 e. The van der Waals surface area contributed by atoms with Gasteiger partial charge in [0.15, 0.2) is 0 Å². The number of hydrogen-bond acceptors (Lipinski definition) is 4. The van der Waals surface area contributed by atoms with Gasteiger partial charge < -0.3 is 5.73 Å². The number of nitrogens with two attached hydrogens (primary N) is 1. The minimum Gasteiger partial charge on any atom is -0.325 e. The fraction of sp³-hybridized carbons (Fsp3) is 0.444. The molecule has 0 unspecified atom stereocenters. The third-order valence-corrected chi connectivity index (χ3v) is 1.70. The monoisotopic (exact) mass is 228 g/mol. The summed E-state index contributed by atoms with van der Waals surface area (Å²) >= 11 is 5.63. The van der Waals surface area contributed by atoms with E-state index in [1.807, 2.05) is 0 Å². The van der Waals surface area contributed by atoms with Crippen molar-refractivity contribution in [1.29, 1.82) is 0 Å². The molecular weight excluding hydrogens is 216 g/mol. The maximum Gasteiger partial charge on any atom is 0.230 e. The molecule has 15 heavy (non-hydrogen) atoms. The van der Waals surface area contributed by atoms with Crippen molar-refractivity contribution < 1.29 is 4.79 Å². The number of amides is 1. The second-order valence-corrected chi connectivity index (χ2v) is 4.30. The lowest BCUT2D eigenvalue weighted by Gasteiger charge is -2.16. The lowest BCUT2D eigenvalue weighted by molar-refractivity contribution is -0.117. The van der Waals surface area contributed by atoms with Crippen molar-refractivity contribution in [2.75, 3.05) is 5.32 Å². The Hall–Kier alpha value is -1.20. The molecule has 0 spiro atoms. The van der Waals surface area contributed by atoms with Crippen LogP contribution in [0, 0.1) is 0 Å². The number of nitrogens with zero attached hydrogens (tertiary/aromatic N) is 2. The van der Waals surface area contributed by atoms with Gasteiger partial charge >= 0.3 is 0 Å². The number of anilines is 1. The third-order valence-electron chi connectivity index (χ3n) is 1.49. The van der Waals surface area contributed by atoms with Crippen molar-refractivity contribution >= 4 is 23.5 Å². The van der Waals surface area contributed by atoms with Gasteiger partial charge in [-0.05, 0) is 19.9 Å². The van der Waals surface area contributed by atoms with E-state index in [-0.39, 0.29) is 23.4 Å². The molecule has 0 aromatic carbocycles. The summed E-state index contributed by atoms with van der Waals surface area (Å²) in [5.41, 5.74) is 5.14. The third kappa shape index (κ3) is 4.71. The quantitative estimate of drug-likeness (QED) is 0.762. The highest BCUT2D eigenvalue weighted by molar-refractivity contribution is 6.29. The minimum atomic E-state index is -0.553. The van der Waals surface area contributed by atoms with Crippen molar-refractivity contribution in [1.82, 2.24) is 9.97 Å². The highest BCUT2D eigenvalue weighted by atomic mass is 35.5. The molecule has 1 aromatic rings. The molecular formula is C9H13ClN4O. The first-order valence-corrected chi connectivity index (χ1v) is 4.82. The molecule has 6 heteroatoms. The van der Waals surface area contributed by atoms with Crippen LogP contribution in [0.25, 0.3) is 0 Å². The Balaban J connectivity index is 2.59. The van der Waals surface area contributed by atoms with E-state index in [1.54, 1.807) is 13.8 Å². The Morgan fingerprint density at radius 1 is 1.67 bits per heavy atom. The van der Waals surface area contributed by atoms with Crippen molar-refractivity contribution in [3.05, 3.63) is 17.4 Å². The molecule has 82 valence electrons. The van der Waals surface area contributed by atoms with Gasteiger partial charge in [-0.3, -0.25) is 10.1 Å². The van der Waals surface area contributed by atoms with Crippen LogP contribution in [0.3, 0.4) is 0 Å². The van der Waals surface area contributed by atoms with Crippen LogP contribution in [0.4, 0.5) is 5.95 Å². The Labute approximate surface area is 93.0 Å². The molecule has 5 nitrogen and oxygen atoms in total. The second-order valence-electron chi connectivity index (χ2n) is 3.92. The molecule has 0 bridgehead atoms. The molecule has 0 aliphatic carbocycles. The van der Waals surface area contributed by atoms with Gasteiger partial charge in [-0.2, -0.15) is 0 Å². The SMILES string of the molecule is CC(C)(N)CC(=O)Nc1nccc(Cl)n1. The number of hydrogen-bond donors (Lipinski definition) is 2. The topological polar surface area (TPSA) is 80.9 Å². The van der Waals surface area contributed by atoms with Gasteiger partial charge in [0.25, 0.3) is 0 Å². The fourth-order valence-electron chi connectivity index (χ4n) is 0.980. The van der Waals surface area contributed by atoms with Crippen LogP contribution in [0.5, 0.6) is 0 Å². The molecule has 1 amide bonds. The van der Waals surface area contributed by atoms with Gasteiger partial charge in [-0.1, -0.05) is 11.6 Å². The normalized spacial score (nSPS) is 11.2. The Morgan fingerprint density at radius 3 is 2.87 bits per heavy atom. The Bertz CT molecular complexity index is 361. The summed E-state index contributed by atoms with van der Waals surface area (Å²) in [5, 5.41) is 2.80. The maximum atomic E-state index is 11.4. The van der Waals surface area contributed by atoms with Gasteiger partial charge in [0.1, 0.15) is 5.15 Å². The van der Waals surface area contributed by atoms with Crippen molar-refractivity contribution in [3.8, 4) is 0 Å². The minimum absolute atomic E-state index is 0.191. The molecule has 3 N–H and O–H groups in total. The summed E-state index contributed by atoms with van der Waals surface area (Å²) in [4.78, 5) is 19.1. The van der Waals surface area contributed by atoms with Gasteiger partial charge in [0.05, 0.1) is 0 Å². The summed E-state index contributed by atoms with van der Waals surface area (Å²) in [5.74, 6) is -0.0403. The number of rotatable bonds is 3. The van der Waals surface area contributed by atoms with E-state index >= 15 is 0 Å². The molecule has 0 atom stereocenters. The van der Waals surface area contributed by atoms with Crippen molar-refractivity contribution in [2.45, 2.75) is 25.8 Å². The standard InChI is InChI=1S/C9H13ClN4O/c1-9(2,11)5-7(15)14-8-12-4-3-6(10)13-8/h3-4H,5,11H2,1-2H3,(H,12,13,14,15). The van der Waals surface area contributed by atoms with E-state index in [1.165, 1.54) is 12.3 Å². The van der Waals surface area contributed by atoms with Crippen molar-refractivity contribution in [3.63, 3.8) is 0 Å². The predicted octanol–water partition coefficient (Wildman–Crippen LogP) is 1.20. The predicted molar refractivity (Wildman–Crippen MR) is 58.6 cm³/mol. The van der Waals surface area contributed by atoms with Crippen LogP contribution in [-0.2, 0) is 4.79 Å². The fourth-order valence-corrected chi connectivity index (χ4v) is 1.12. The van der Waals surface area contributed by atoms with E-state index in [0.29, 0.717) is 0 Å². The molecule has 1 rings (SSSR count). The maximum absolute atomic E-state index is 11.4. The first kappa shape index (κ1) is 11.9. The Morgan fingerprint density at radius 2 is 2.33 bits per heavy atom. The van der Waals surface area contributed by atoms with Crippen LogP contribution < -0.4 is 11.1 Å². The average molecular weight is 229 g/mol. The van der Waals surface area contributed by atoms with Gasteiger partial charge in [-0.25, -0.2) is 9.97 Å². The average Bonchev–Trinajstić information content (AvgIpc) is 1.99. The number of aromatic nitrogens is 2. The van der Waals surface area contributed by atoms with Crippen LogP contribution in [-0.4, -0.2) is 21.4 Å². The summed E-state index contributed by atoms with van der Waals surface area (Å²) in [6, 6.07) is 1.53. The molecule has 0 aliphatic rings. The molecule has 0 saturated heterocycles. The molecule has 0 aliphatic heterocycles. The van der Waals surface area contributed by atoms with Gasteiger partial charge in [0.2, 0.25) is 11.9 Å². The van der Waals surface area contributed by atoms with Crippen LogP contribution in [0.1, 0.15) is 20.3 Å². The van der Waals surface area contributed by atoms with E-state index < -0.39 is 5.54 Å². The smallest absolute Gasteiger partial charge is 0.230 e. The van der Waals surface area contributed by atoms with Gasteiger partial charge in [-0.15, -0.1) is 0 Å². The molecule has 0 saturated carbocycles.